The van der Waals surface area contributed by atoms with Crippen molar-refractivity contribution in [1.29, 1.82) is 0 Å². The minimum Gasteiger partial charge on any atom is -0.466 e. The molecule has 0 unspecified atom stereocenters. The number of carbonyl (C=O) groups excluding carboxylic acids is 2. The van der Waals surface area contributed by atoms with Crippen molar-refractivity contribution in [2.75, 3.05) is 13.2 Å². The lowest BCUT2D eigenvalue weighted by atomic mass is 10.2. The molecule has 1 saturated heterocycles. The summed E-state index contributed by atoms with van der Waals surface area (Å²) in [7, 11) is 0. The zero-order valence-corrected chi connectivity index (χ0v) is 9.70. The molecule has 1 rings (SSSR count). The smallest absolute Gasteiger partial charge is 0.305 e. The summed E-state index contributed by atoms with van der Waals surface area (Å²) in [4.78, 5) is 22.1. The van der Waals surface area contributed by atoms with Gasteiger partial charge >= 0.3 is 11.9 Å². The van der Waals surface area contributed by atoms with Crippen LogP contribution in [0, 0.1) is 0 Å². The van der Waals surface area contributed by atoms with E-state index in [9.17, 15) is 9.59 Å². The van der Waals surface area contributed by atoms with E-state index in [-0.39, 0.29) is 11.9 Å². The van der Waals surface area contributed by atoms with Gasteiger partial charge in [0.25, 0.3) is 0 Å². The number of carbonyl (C=O) groups is 2. The summed E-state index contributed by atoms with van der Waals surface area (Å²) in [6, 6.07) is 0. The predicted molar refractivity (Wildman–Crippen MR) is 60.9 cm³/mol. The second kappa shape index (κ2) is 10.2. The Kier molecular flexibility index (Phi) is 9.36. The molecule has 0 aromatic rings. The number of esters is 2. The minimum absolute atomic E-state index is 0.154. The van der Waals surface area contributed by atoms with Crippen LogP contribution in [0.5, 0.6) is 0 Å². The molecule has 1 aliphatic heterocycles. The number of cyclic esters (lactones) is 2. The number of ether oxygens (including phenoxy) is 2. The lowest BCUT2D eigenvalue weighted by Gasteiger charge is -2.08. The quantitative estimate of drug-likeness (QED) is 0.471. The van der Waals surface area contributed by atoms with Crippen LogP contribution >= 0.6 is 0 Å². The summed E-state index contributed by atoms with van der Waals surface area (Å²) < 4.78 is 9.92. The van der Waals surface area contributed by atoms with Crippen LogP contribution in [0.4, 0.5) is 0 Å². The largest absolute Gasteiger partial charge is 0.466 e. The van der Waals surface area contributed by atoms with Gasteiger partial charge in [-0.3, -0.25) is 9.59 Å². The van der Waals surface area contributed by atoms with Crippen molar-refractivity contribution in [3.63, 3.8) is 0 Å². The van der Waals surface area contributed by atoms with Crippen LogP contribution in [0.3, 0.4) is 0 Å². The molecule has 0 spiro atoms. The molecule has 0 aliphatic carbocycles. The molecule has 0 aromatic heterocycles. The maximum atomic E-state index is 11.0. The number of hydrogen-bond acceptors (Lipinski definition) is 4. The molecule has 4 nitrogen and oxygen atoms in total. The van der Waals surface area contributed by atoms with E-state index in [0.717, 1.165) is 12.8 Å². The zero-order chi connectivity index (χ0) is 12.2. The molecule has 4 heteroatoms. The molecule has 0 aromatic carbocycles. The molecule has 16 heavy (non-hydrogen) atoms. The Hall–Kier alpha value is -1.32. The number of rotatable bonds is 0. The molecule has 0 N–H and O–H groups in total. The SMILES string of the molecule is C=C.O=C1CCCCC(=O)OCCCCO1. The summed E-state index contributed by atoms with van der Waals surface area (Å²) in [5, 5.41) is 0. The highest BCUT2D eigenvalue weighted by atomic mass is 16.5. The number of hydrogen-bond donors (Lipinski definition) is 0. The van der Waals surface area contributed by atoms with Gasteiger partial charge in [0.05, 0.1) is 13.2 Å². The van der Waals surface area contributed by atoms with E-state index >= 15 is 0 Å². The van der Waals surface area contributed by atoms with Gasteiger partial charge in [0, 0.05) is 12.8 Å². The van der Waals surface area contributed by atoms with Gasteiger partial charge in [-0.2, -0.15) is 0 Å². The van der Waals surface area contributed by atoms with Crippen LogP contribution in [0.2, 0.25) is 0 Å². The van der Waals surface area contributed by atoms with Crippen molar-refractivity contribution in [2.45, 2.75) is 38.5 Å². The van der Waals surface area contributed by atoms with Gasteiger partial charge in [-0.25, -0.2) is 0 Å². The van der Waals surface area contributed by atoms with E-state index < -0.39 is 0 Å². The second-order valence-corrected chi connectivity index (χ2v) is 3.36. The molecule has 1 heterocycles. The van der Waals surface area contributed by atoms with Crippen LogP contribution in [-0.2, 0) is 19.1 Å². The third-order valence-corrected chi connectivity index (χ3v) is 2.08. The first kappa shape index (κ1) is 14.7. The first-order chi connectivity index (χ1) is 7.79. The highest BCUT2D eigenvalue weighted by Gasteiger charge is 2.07. The highest BCUT2D eigenvalue weighted by molar-refractivity contribution is 5.70. The van der Waals surface area contributed by atoms with Crippen molar-refractivity contribution >= 4 is 11.9 Å². The average Bonchev–Trinajstić information content (AvgIpc) is 2.30. The topological polar surface area (TPSA) is 52.6 Å². The summed E-state index contributed by atoms with van der Waals surface area (Å²) in [5.74, 6) is -0.308. The fourth-order valence-corrected chi connectivity index (χ4v) is 1.26. The Morgan fingerprint density at radius 2 is 1.12 bits per heavy atom. The lowest BCUT2D eigenvalue weighted by molar-refractivity contribution is -0.147. The van der Waals surface area contributed by atoms with E-state index in [2.05, 4.69) is 13.2 Å². The van der Waals surface area contributed by atoms with Crippen molar-refractivity contribution in [1.82, 2.24) is 0 Å². The molecule has 0 bridgehead atoms. The van der Waals surface area contributed by atoms with Crippen LogP contribution in [0.25, 0.3) is 0 Å². The Labute approximate surface area is 96.6 Å². The Morgan fingerprint density at radius 1 is 0.750 bits per heavy atom. The lowest BCUT2D eigenvalue weighted by Crippen LogP contribution is -2.11. The summed E-state index contributed by atoms with van der Waals surface area (Å²) in [5.41, 5.74) is 0. The van der Waals surface area contributed by atoms with E-state index in [4.69, 9.17) is 9.47 Å². The standard InChI is InChI=1S/C10H16O4.C2H4/c11-9-5-1-2-6-10(12)14-8-4-3-7-13-9;1-2/h1-8H2;1-2H2. The van der Waals surface area contributed by atoms with Gasteiger partial charge in [-0.15, -0.1) is 13.2 Å². The third-order valence-electron chi connectivity index (χ3n) is 2.08. The molecule has 1 fully saturated rings. The fraction of sp³-hybridized carbons (Fsp3) is 0.667. The average molecular weight is 228 g/mol. The van der Waals surface area contributed by atoms with E-state index in [1.54, 1.807) is 0 Å². The second-order valence-electron chi connectivity index (χ2n) is 3.36. The molecular formula is C12H20O4. The first-order valence-corrected chi connectivity index (χ1v) is 5.60. The van der Waals surface area contributed by atoms with Crippen molar-refractivity contribution in [3.05, 3.63) is 13.2 Å². The van der Waals surface area contributed by atoms with Crippen molar-refractivity contribution < 1.29 is 19.1 Å². The molecule has 0 atom stereocenters. The van der Waals surface area contributed by atoms with E-state index in [1.807, 2.05) is 0 Å². The molecule has 0 amide bonds. The van der Waals surface area contributed by atoms with Gasteiger partial charge < -0.3 is 9.47 Å². The summed E-state index contributed by atoms with van der Waals surface area (Å²) in [6.07, 6.45) is 3.75. The third kappa shape index (κ3) is 8.03. The van der Waals surface area contributed by atoms with Crippen LogP contribution < -0.4 is 0 Å². The normalized spacial score (nSPS) is 19.0. The van der Waals surface area contributed by atoms with Gasteiger partial charge in [-0.05, 0) is 25.7 Å². The molecule has 0 radical (unpaired) electrons. The predicted octanol–water partition coefficient (Wildman–Crippen LogP) is 2.23. The molecular weight excluding hydrogens is 208 g/mol. The van der Waals surface area contributed by atoms with Crippen LogP contribution in [0.1, 0.15) is 38.5 Å². The van der Waals surface area contributed by atoms with Crippen LogP contribution in [-0.4, -0.2) is 25.2 Å². The van der Waals surface area contributed by atoms with E-state index in [0.29, 0.717) is 38.9 Å². The Bertz CT molecular complexity index is 191. The van der Waals surface area contributed by atoms with Crippen molar-refractivity contribution in [3.8, 4) is 0 Å². The summed E-state index contributed by atoms with van der Waals surface area (Å²) in [6.45, 7) is 6.88. The van der Waals surface area contributed by atoms with E-state index in [1.165, 1.54) is 0 Å². The molecule has 1 aliphatic rings. The van der Waals surface area contributed by atoms with Crippen molar-refractivity contribution in [2.24, 2.45) is 0 Å². The van der Waals surface area contributed by atoms with Crippen LogP contribution in [0.15, 0.2) is 13.2 Å². The fourth-order valence-electron chi connectivity index (χ4n) is 1.26. The Morgan fingerprint density at radius 3 is 1.50 bits per heavy atom. The summed E-state index contributed by atoms with van der Waals surface area (Å²) >= 11 is 0. The highest BCUT2D eigenvalue weighted by Crippen LogP contribution is 2.05. The van der Waals surface area contributed by atoms with Gasteiger partial charge in [0.1, 0.15) is 0 Å². The Balaban J connectivity index is 0.00000106. The van der Waals surface area contributed by atoms with Gasteiger partial charge in [-0.1, -0.05) is 0 Å². The minimum atomic E-state index is -0.154. The zero-order valence-electron chi connectivity index (χ0n) is 9.70. The van der Waals surface area contributed by atoms with Gasteiger partial charge in [0.2, 0.25) is 0 Å². The monoisotopic (exact) mass is 228 g/mol. The van der Waals surface area contributed by atoms with Gasteiger partial charge in [0.15, 0.2) is 0 Å². The first-order valence-electron chi connectivity index (χ1n) is 5.60. The molecule has 92 valence electrons. The molecule has 0 saturated carbocycles. The maximum Gasteiger partial charge on any atom is 0.305 e. The maximum absolute atomic E-state index is 11.0.